The molecule has 0 unspecified atom stereocenters. The summed E-state index contributed by atoms with van der Waals surface area (Å²) in [5.41, 5.74) is 0.956. The lowest BCUT2D eigenvalue weighted by molar-refractivity contribution is -0.123. The van der Waals surface area contributed by atoms with E-state index in [9.17, 15) is 13.2 Å². The summed E-state index contributed by atoms with van der Waals surface area (Å²) in [5.74, 6) is 0.192. The van der Waals surface area contributed by atoms with E-state index >= 15 is 0 Å². The molecule has 1 N–H and O–H groups in total. The van der Waals surface area contributed by atoms with Gasteiger partial charge in [-0.25, -0.2) is 8.42 Å². The van der Waals surface area contributed by atoms with Gasteiger partial charge in [-0.15, -0.1) is 0 Å². The number of amides is 1. The van der Waals surface area contributed by atoms with Crippen molar-refractivity contribution in [1.29, 1.82) is 0 Å². The van der Waals surface area contributed by atoms with E-state index in [1.54, 1.807) is 31.2 Å². The molecule has 2 rings (SSSR count). The molecule has 2 aromatic rings. The van der Waals surface area contributed by atoms with E-state index in [-0.39, 0.29) is 5.91 Å². The van der Waals surface area contributed by atoms with Crippen LogP contribution >= 0.6 is 0 Å². The van der Waals surface area contributed by atoms with Crippen LogP contribution in [-0.2, 0) is 21.2 Å². The van der Waals surface area contributed by atoms with Gasteiger partial charge in [-0.3, -0.25) is 9.10 Å². The Hall–Kier alpha value is -2.54. The second kappa shape index (κ2) is 9.31. The SMILES string of the molecule is CC[C@@H](C(=O)NC(C)(C)Cc1ccccc1)N(c1cccc(OC)c1)S(C)(=O)=O. The molecule has 1 atom stereocenters. The highest BCUT2D eigenvalue weighted by molar-refractivity contribution is 7.92. The summed E-state index contributed by atoms with van der Waals surface area (Å²) in [7, 11) is -2.18. The fourth-order valence-electron chi connectivity index (χ4n) is 3.38. The second-order valence-corrected chi connectivity index (χ2v) is 9.58. The van der Waals surface area contributed by atoms with Crippen molar-refractivity contribution in [2.45, 2.75) is 45.2 Å². The first-order valence-electron chi connectivity index (χ1n) is 9.57. The highest BCUT2D eigenvalue weighted by Crippen LogP contribution is 2.27. The first-order valence-corrected chi connectivity index (χ1v) is 11.4. The molecular formula is C22H30N2O4S. The van der Waals surface area contributed by atoms with Gasteiger partial charge >= 0.3 is 0 Å². The maximum atomic E-state index is 13.1. The fraction of sp³-hybridized carbons (Fsp3) is 0.409. The molecule has 0 saturated heterocycles. The lowest BCUT2D eigenvalue weighted by Crippen LogP contribution is -2.55. The standard InChI is InChI=1S/C22H30N2O4S/c1-6-20(21(25)23-22(2,3)16-17-11-8-7-9-12-17)24(29(5,26)27)18-13-10-14-19(15-18)28-4/h7-15,20H,6,16H2,1-5H3,(H,23,25)/t20-/m0/s1. The van der Waals surface area contributed by atoms with Crippen molar-refractivity contribution in [3.05, 3.63) is 60.2 Å². The van der Waals surface area contributed by atoms with Gasteiger partial charge in [0.05, 0.1) is 19.1 Å². The smallest absolute Gasteiger partial charge is 0.244 e. The number of anilines is 1. The van der Waals surface area contributed by atoms with Crippen LogP contribution in [-0.4, -0.2) is 39.3 Å². The van der Waals surface area contributed by atoms with E-state index in [1.807, 2.05) is 44.2 Å². The van der Waals surface area contributed by atoms with E-state index in [2.05, 4.69) is 5.32 Å². The monoisotopic (exact) mass is 418 g/mol. The maximum Gasteiger partial charge on any atom is 0.244 e. The molecule has 158 valence electrons. The normalized spacial score (nSPS) is 12.9. The number of sulfonamides is 1. The molecule has 0 radical (unpaired) electrons. The quantitative estimate of drug-likeness (QED) is 0.677. The molecule has 7 heteroatoms. The van der Waals surface area contributed by atoms with Crippen LogP contribution in [0.5, 0.6) is 5.75 Å². The first-order chi connectivity index (χ1) is 13.6. The van der Waals surface area contributed by atoms with Gasteiger partial charge in [-0.05, 0) is 44.4 Å². The van der Waals surface area contributed by atoms with Crippen LogP contribution in [0.25, 0.3) is 0 Å². The molecule has 0 aliphatic carbocycles. The molecule has 0 spiro atoms. The molecule has 0 saturated carbocycles. The van der Waals surface area contributed by atoms with Crippen LogP contribution in [0.15, 0.2) is 54.6 Å². The van der Waals surface area contributed by atoms with Crippen molar-refractivity contribution in [1.82, 2.24) is 5.32 Å². The molecule has 0 bridgehead atoms. The van der Waals surface area contributed by atoms with E-state index in [1.165, 1.54) is 11.4 Å². The number of benzene rings is 2. The maximum absolute atomic E-state index is 13.1. The van der Waals surface area contributed by atoms with Gasteiger partial charge in [0.25, 0.3) is 0 Å². The van der Waals surface area contributed by atoms with E-state index in [0.29, 0.717) is 24.3 Å². The zero-order valence-electron chi connectivity index (χ0n) is 17.7. The predicted octanol–water partition coefficient (Wildman–Crippen LogP) is 3.38. The van der Waals surface area contributed by atoms with Gasteiger partial charge in [0.15, 0.2) is 0 Å². The van der Waals surface area contributed by atoms with Crippen molar-refractivity contribution in [2.24, 2.45) is 0 Å². The van der Waals surface area contributed by atoms with Crippen molar-refractivity contribution in [3.8, 4) is 5.75 Å². The Morgan fingerprint density at radius 2 is 1.79 bits per heavy atom. The largest absolute Gasteiger partial charge is 0.497 e. The number of carbonyl (C=O) groups is 1. The molecule has 6 nitrogen and oxygen atoms in total. The van der Waals surface area contributed by atoms with Crippen LogP contribution in [0.1, 0.15) is 32.8 Å². The Labute approximate surface area is 173 Å². The van der Waals surface area contributed by atoms with Crippen LogP contribution in [0.2, 0.25) is 0 Å². The Kier molecular flexibility index (Phi) is 7.30. The minimum Gasteiger partial charge on any atom is -0.497 e. The minimum atomic E-state index is -3.70. The van der Waals surface area contributed by atoms with Crippen molar-refractivity contribution in [2.75, 3.05) is 17.7 Å². The minimum absolute atomic E-state index is 0.331. The Balaban J connectivity index is 2.30. The zero-order chi connectivity index (χ0) is 21.7. The number of methoxy groups -OCH3 is 1. The number of carbonyl (C=O) groups excluding carboxylic acids is 1. The molecule has 1 amide bonds. The molecule has 0 heterocycles. The van der Waals surface area contributed by atoms with Gasteiger partial charge in [0, 0.05) is 11.6 Å². The van der Waals surface area contributed by atoms with Crippen LogP contribution in [0.4, 0.5) is 5.69 Å². The van der Waals surface area contributed by atoms with E-state index in [4.69, 9.17) is 4.74 Å². The molecule has 0 fully saturated rings. The third-order valence-electron chi connectivity index (χ3n) is 4.59. The van der Waals surface area contributed by atoms with Crippen molar-refractivity contribution in [3.63, 3.8) is 0 Å². The highest BCUT2D eigenvalue weighted by Gasteiger charge is 2.34. The topological polar surface area (TPSA) is 75.7 Å². The number of hydrogen-bond donors (Lipinski definition) is 1. The number of rotatable bonds is 9. The average molecular weight is 419 g/mol. The predicted molar refractivity (Wildman–Crippen MR) is 117 cm³/mol. The van der Waals surface area contributed by atoms with E-state index < -0.39 is 21.6 Å². The molecule has 29 heavy (non-hydrogen) atoms. The summed E-state index contributed by atoms with van der Waals surface area (Å²) in [5, 5.41) is 3.03. The van der Waals surface area contributed by atoms with Gasteiger partial charge in [0.1, 0.15) is 11.8 Å². The summed E-state index contributed by atoms with van der Waals surface area (Å²) < 4.78 is 31.6. The molecule has 0 aliphatic rings. The fourth-order valence-corrected chi connectivity index (χ4v) is 4.58. The summed E-state index contributed by atoms with van der Waals surface area (Å²) in [6, 6.07) is 15.7. The third kappa shape index (κ3) is 6.22. The lowest BCUT2D eigenvalue weighted by atomic mass is 9.94. The van der Waals surface area contributed by atoms with Gasteiger partial charge in [-0.2, -0.15) is 0 Å². The molecule has 2 aromatic carbocycles. The molecule has 0 aromatic heterocycles. The molecule has 0 aliphatic heterocycles. The van der Waals surface area contributed by atoms with Crippen molar-refractivity contribution >= 4 is 21.6 Å². The number of ether oxygens (including phenoxy) is 1. The third-order valence-corrected chi connectivity index (χ3v) is 5.77. The molecular weight excluding hydrogens is 388 g/mol. The lowest BCUT2D eigenvalue weighted by Gasteiger charge is -2.34. The average Bonchev–Trinajstić information content (AvgIpc) is 2.64. The summed E-state index contributed by atoms with van der Waals surface area (Å²) in [4.78, 5) is 13.1. The number of nitrogens with zero attached hydrogens (tertiary/aromatic N) is 1. The summed E-state index contributed by atoms with van der Waals surface area (Å²) in [6.07, 6.45) is 2.07. The zero-order valence-corrected chi connectivity index (χ0v) is 18.5. The van der Waals surface area contributed by atoms with E-state index in [0.717, 1.165) is 11.8 Å². The van der Waals surface area contributed by atoms with Gasteiger partial charge in [-0.1, -0.05) is 43.3 Å². The summed E-state index contributed by atoms with van der Waals surface area (Å²) >= 11 is 0. The van der Waals surface area contributed by atoms with Gasteiger partial charge in [0.2, 0.25) is 15.9 Å². The Bertz CT molecular complexity index is 927. The van der Waals surface area contributed by atoms with Crippen molar-refractivity contribution < 1.29 is 17.9 Å². The van der Waals surface area contributed by atoms with Crippen LogP contribution < -0.4 is 14.4 Å². The number of hydrogen-bond acceptors (Lipinski definition) is 4. The highest BCUT2D eigenvalue weighted by atomic mass is 32.2. The Morgan fingerprint density at radius 1 is 1.14 bits per heavy atom. The summed E-state index contributed by atoms with van der Waals surface area (Å²) in [6.45, 7) is 5.66. The van der Waals surface area contributed by atoms with Gasteiger partial charge < -0.3 is 10.1 Å². The van der Waals surface area contributed by atoms with Crippen LogP contribution in [0.3, 0.4) is 0 Å². The number of nitrogens with one attached hydrogen (secondary N) is 1. The first kappa shape index (κ1) is 22.7. The second-order valence-electron chi connectivity index (χ2n) is 7.72. The van der Waals surface area contributed by atoms with Crippen LogP contribution in [0, 0.1) is 0 Å². The Morgan fingerprint density at radius 3 is 2.34 bits per heavy atom.